The molecular weight excluding hydrogens is 334 g/mol. The Kier molecular flexibility index (Phi) is 4.78. The van der Waals surface area contributed by atoms with Gasteiger partial charge in [0, 0.05) is 5.56 Å². The van der Waals surface area contributed by atoms with Gasteiger partial charge in [-0.15, -0.1) is 0 Å². The quantitative estimate of drug-likeness (QED) is 0.340. The van der Waals surface area contributed by atoms with Crippen LogP contribution >= 0.6 is 0 Å². The SMILES string of the molecule is CC(C)(C)c1ccccc1C(=O)c1ccc(OCC2CO2)cc1[N+](=O)[O-]. The number of hydrogen-bond acceptors (Lipinski definition) is 5. The van der Waals surface area contributed by atoms with E-state index in [0.717, 1.165) is 5.56 Å². The van der Waals surface area contributed by atoms with Gasteiger partial charge in [0.2, 0.25) is 0 Å². The molecule has 0 aliphatic carbocycles. The Labute approximate surface area is 151 Å². The van der Waals surface area contributed by atoms with Crippen LogP contribution in [-0.2, 0) is 10.2 Å². The maximum atomic E-state index is 13.1. The maximum absolute atomic E-state index is 13.1. The molecule has 0 aromatic heterocycles. The Morgan fingerprint density at radius 3 is 2.54 bits per heavy atom. The Balaban J connectivity index is 1.97. The van der Waals surface area contributed by atoms with Gasteiger partial charge in [0.25, 0.3) is 5.69 Å². The van der Waals surface area contributed by atoms with Crippen molar-refractivity contribution in [1.29, 1.82) is 0 Å². The molecule has 1 aliphatic rings. The zero-order chi connectivity index (χ0) is 18.9. The number of carbonyl (C=O) groups excluding carboxylic acids is 1. The van der Waals surface area contributed by atoms with Gasteiger partial charge in [-0.3, -0.25) is 14.9 Å². The van der Waals surface area contributed by atoms with Crippen LogP contribution in [0.25, 0.3) is 0 Å². The van der Waals surface area contributed by atoms with Gasteiger partial charge in [-0.25, -0.2) is 0 Å². The molecule has 1 heterocycles. The molecule has 0 amide bonds. The van der Waals surface area contributed by atoms with Crippen molar-refractivity contribution in [3.05, 3.63) is 69.3 Å². The van der Waals surface area contributed by atoms with E-state index in [1.54, 1.807) is 18.2 Å². The Morgan fingerprint density at radius 2 is 1.92 bits per heavy atom. The number of ketones is 1. The summed E-state index contributed by atoms with van der Waals surface area (Å²) in [5, 5.41) is 11.5. The summed E-state index contributed by atoms with van der Waals surface area (Å²) >= 11 is 0. The first-order chi connectivity index (χ1) is 12.3. The molecule has 0 spiro atoms. The summed E-state index contributed by atoms with van der Waals surface area (Å²) in [4.78, 5) is 24.0. The number of nitrogens with zero attached hydrogens (tertiary/aromatic N) is 1. The van der Waals surface area contributed by atoms with Crippen LogP contribution < -0.4 is 4.74 Å². The number of hydrogen-bond donors (Lipinski definition) is 0. The third kappa shape index (κ3) is 3.91. The lowest BCUT2D eigenvalue weighted by molar-refractivity contribution is -0.385. The van der Waals surface area contributed by atoms with E-state index < -0.39 is 4.92 Å². The molecule has 3 rings (SSSR count). The van der Waals surface area contributed by atoms with Crippen LogP contribution in [0.2, 0.25) is 0 Å². The predicted octanol–water partition coefficient (Wildman–Crippen LogP) is 3.90. The van der Waals surface area contributed by atoms with E-state index >= 15 is 0 Å². The normalized spacial score (nSPS) is 16.2. The molecule has 1 saturated heterocycles. The van der Waals surface area contributed by atoms with E-state index in [4.69, 9.17) is 9.47 Å². The molecule has 6 heteroatoms. The largest absolute Gasteiger partial charge is 0.491 e. The van der Waals surface area contributed by atoms with Gasteiger partial charge in [0.1, 0.15) is 24.0 Å². The van der Waals surface area contributed by atoms with Gasteiger partial charge in [-0.1, -0.05) is 45.0 Å². The van der Waals surface area contributed by atoms with E-state index in [0.29, 0.717) is 24.5 Å². The van der Waals surface area contributed by atoms with Crippen LogP contribution in [0.1, 0.15) is 42.3 Å². The molecule has 0 saturated carbocycles. The second-order valence-corrected chi connectivity index (χ2v) is 7.33. The molecule has 0 radical (unpaired) electrons. The minimum Gasteiger partial charge on any atom is -0.491 e. The van der Waals surface area contributed by atoms with Gasteiger partial charge < -0.3 is 9.47 Å². The number of carbonyl (C=O) groups is 1. The summed E-state index contributed by atoms with van der Waals surface area (Å²) in [6.45, 7) is 7.00. The monoisotopic (exact) mass is 355 g/mol. The Bertz CT molecular complexity index is 850. The van der Waals surface area contributed by atoms with E-state index in [1.807, 2.05) is 32.9 Å². The number of nitro groups is 1. The van der Waals surface area contributed by atoms with Crippen molar-refractivity contribution in [1.82, 2.24) is 0 Å². The topological polar surface area (TPSA) is 82.0 Å². The highest BCUT2D eigenvalue weighted by Crippen LogP contribution is 2.31. The van der Waals surface area contributed by atoms with Crippen molar-refractivity contribution in [2.75, 3.05) is 13.2 Å². The van der Waals surface area contributed by atoms with Crippen LogP contribution in [0.5, 0.6) is 5.75 Å². The second kappa shape index (κ2) is 6.88. The maximum Gasteiger partial charge on any atom is 0.284 e. The standard InChI is InChI=1S/C20H21NO5/c1-20(2,3)17-7-5-4-6-15(17)19(22)16-9-8-13(10-18(16)21(23)24)25-11-14-12-26-14/h4-10,14H,11-12H2,1-3H3. The highest BCUT2D eigenvalue weighted by Gasteiger charge is 2.28. The molecule has 1 unspecified atom stereocenters. The smallest absolute Gasteiger partial charge is 0.284 e. The number of rotatable bonds is 6. The van der Waals surface area contributed by atoms with Crippen LogP contribution in [0.3, 0.4) is 0 Å². The van der Waals surface area contributed by atoms with Crippen molar-refractivity contribution in [3.8, 4) is 5.75 Å². The molecule has 1 atom stereocenters. The summed E-state index contributed by atoms with van der Waals surface area (Å²) in [6, 6.07) is 11.6. The van der Waals surface area contributed by atoms with Crippen molar-refractivity contribution in [3.63, 3.8) is 0 Å². The first-order valence-corrected chi connectivity index (χ1v) is 8.44. The van der Waals surface area contributed by atoms with E-state index in [2.05, 4.69) is 0 Å². The molecule has 2 aromatic carbocycles. The van der Waals surface area contributed by atoms with E-state index in [-0.39, 0.29) is 28.6 Å². The molecule has 1 aliphatic heterocycles. The van der Waals surface area contributed by atoms with Gasteiger partial charge >= 0.3 is 0 Å². The van der Waals surface area contributed by atoms with Gasteiger partial charge in [0.05, 0.1) is 17.6 Å². The average Bonchev–Trinajstić information content (AvgIpc) is 3.43. The summed E-state index contributed by atoms with van der Waals surface area (Å²) in [6.07, 6.45) is 0.0500. The predicted molar refractivity (Wildman–Crippen MR) is 96.9 cm³/mol. The fourth-order valence-corrected chi connectivity index (χ4v) is 2.78. The number of ether oxygens (including phenoxy) is 2. The summed E-state index contributed by atoms with van der Waals surface area (Å²) in [5.41, 5.74) is 0.872. The molecule has 136 valence electrons. The molecule has 26 heavy (non-hydrogen) atoms. The van der Waals surface area contributed by atoms with E-state index in [9.17, 15) is 14.9 Å². The lowest BCUT2D eigenvalue weighted by atomic mass is 9.81. The third-order valence-electron chi connectivity index (χ3n) is 4.23. The van der Waals surface area contributed by atoms with Crippen molar-refractivity contribution < 1.29 is 19.2 Å². The minimum absolute atomic E-state index is 0.0500. The summed E-state index contributed by atoms with van der Waals surface area (Å²) < 4.78 is 10.6. The Hall–Kier alpha value is -2.73. The average molecular weight is 355 g/mol. The third-order valence-corrected chi connectivity index (χ3v) is 4.23. The van der Waals surface area contributed by atoms with Crippen LogP contribution in [0.4, 0.5) is 5.69 Å². The van der Waals surface area contributed by atoms with Crippen molar-refractivity contribution >= 4 is 11.5 Å². The van der Waals surface area contributed by atoms with Gasteiger partial charge in [-0.2, -0.15) is 0 Å². The lowest BCUT2D eigenvalue weighted by Crippen LogP contribution is -2.18. The fourth-order valence-electron chi connectivity index (χ4n) is 2.78. The van der Waals surface area contributed by atoms with Gasteiger partial charge in [0.15, 0.2) is 5.78 Å². The number of epoxide rings is 1. The second-order valence-electron chi connectivity index (χ2n) is 7.33. The summed E-state index contributed by atoms with van der Waals surface area (Å²) in [7, 11) is 0. The fraction of sp³-hybridized carbons (Fsp3) is 0.350. The number of benzene rings is 2. The van der Waals surface area contributed by atoms with Crippen molar-refractivity contribution in [2.45, 2.75) is 32.3 Å². The highest BCUT2D eigenvalue weighted by molar-refractivity contribution is 6.12. The zero-order valence-corrected chi connectivity index (χ0v) is 15.0. The van der Waals surface area contributed by atoms with Crippen molar-refractivity contribution in [2.24, 2.45) is 0 Å². The molecule has 1 fully saturated rings. The minimum atomic E-state index is -0.548. The molecule has 2 aromatic rings. The molecular formula is C20H21NO5. The zero-order valence-electron chi connectivity index (χ0n) is 15.0. The van der Waals surface area contributed by atoms with Crippen LogP contribution in [0, 0.1) is 10.1 Å². The highest BCUT2D eigenvalue weighted by atomic mass is 16.6. The first-order valence-electron chi connectivity index (χ1n) is 8.44. The summed E-state index contributed by atoms with van der Waals surface area (Å²) in [5.74, 6) is -0.00726. The van der Waals surface area contributed by atoms with E-state index in [1.165, 1.54) is 12.1 Å². The van der Waals surface area contributed by atoms with Crippen LogP contribution in [-0.4, -0.2) is 30.0 Å². The number of nitro benzene ring substituents is 1. The van der Waals surface area contributed by atoms with Crippen LogP contribution in [0.15, 0.2) is 42.5 Å². The molecule has 6 nitrogen and oxygen atoms in total. The molecule has 0 bridgehead atoms. The lowest BCUT2D eigenvalue weighted by Gasteiger charge is -2.22. The Morgan fingerprint density at radius 1 is 1.23 bits per heavy atom. The first kappa shape index (κ1) is 18.1. The molecule has 0 N–H and O–H groups in total. The van der Waals surface area contributed by atoms with Gasteiger partial charge in [-0.05, 0) is 23.1 Å².